The van der Waals surface area contributed by atoms with Gasteiger partial charge in [0.2, 0.25) is 0 Å². The third kappa shape index (κ3) is 6.95. The zero-order chi connectivity index (χ0) is 51.0. The van der Waals surface area contributed by atoms with Crippen molar-refractivity contribution in [1.82, 2.24) is 0 Å². The van der Waals surface area contributed by atoms with Gasteiger partial charge in [0.1, 0.15) is 0 Å². The fourth-order valence-corrected chi connectivity index (χ4v) is 13.1. The van der Waals surface area contributed by atoms with Gasteiger partial charge in [0, 0.05) is 16.5 Å². The minimum Gasteiger partial charge on any atom is -0.282 e. The van der Waals surface area contributed by atoms with E-state index in [-0.39, 0.29) is 11.3 Å². The van der Waals surface area contributed by atoms with Crippen LogP contribution >= 0.6 is 0 Å². The van der Waals surface area contributed by atoms with Crippen molar-refractivity contribution in [2.75, 3.05) is 0 Å². The van der Waals surface area contributed by atoms with Crippen molar-refractivity contribution in [2.24, 2.45) is 4.99 Å². The molecule has 1 N–H and O–H groups in total. The first-order valence-corrected chi connectivity index (χ1v) is 26.4. The van der Waals surface area contributed by atoms with E-state index < -0.39 is 5.41 Å². The van der Waals surface area contributed by atoms with Gasteiger partial charge in [0.15, 0.2) is 5.84 Å². The Balaban J connectivity index is 0.890. The van der Waals surface area contributed by atoms with Crippen molar-refractivity contribution in [1.29, 1.82) is 5.41 Å². The highest BCUT2D eigenvalue weighted by Crippen LogP contribution is 2.57. The predicted molar refractivity (Wildman–Crippen MR) is 320 cm³/mol. The maximum atomic E-state index is 9.45. The Hall–Kier alpha value is -9.50. The smallest absolute Gasteiger partial charge is 0.152 e. The number of nitrogens with one attached hydrogen (secondary N) is 1. The molecule has 76 heavy (non-hydrogen) atoms. The monoisotopic (exact) mass is 968 g/mol. The average Bonchev–Trinajstić information content (AvgIpc) is 4.03. The normalized spacial score (nSPS) is 13.9. The standard InChI is InChI=1S/C74H52N2/c1-73(2)68-47-51(39-42-62(68)63-43-38-48-21-12-13-29-56(48)71(63)73)55-44-45-61(59-32-17-16-31-58(55)59)60-41-37-49(54-28-14-15-30-57(54)60)40-46-69(76-72(75)50-22-6-3-7-23-50)65-34-20-36-67-70(65)64-33-18-19-35-66(64)74(67,52-24-8-4-9-25-52)53-26-10-5-11-27-53/h3-47,75H,1-2H3/b46-40+,75-72?,76-69?. The number of fused-ring (bicyclic) bond motifs is 10. The van der Waals surface area contributed by atoms with Crippen molar-refractivity contribution in [2.45, 2.75) is 24.7 Å². The Morgan fingerprint density at radius 1 is 0.408 bits per heavy atom. The molecule has 0 aliphatic heterocycles. The number of amidine groups is 1. The lowest BCUT2D eigenvalue weighted by Crippen LogP contribution is -2.28. The van der Waals surface area contributed by atoms with Crippen LogP contribution in [0.4, 0.5) is 0 Å². The summed E-state index contributed by atoms with van der Waals surface area (Å²) >= 11 is 0. The van der Waals surface area contributed by atoms with Gasteiger partial charge >= 0.3 is 0 Å². The molecule has 0 fully saturated rings. The van der Waals surface area contributed by atoms with E-state index in [0.29, 0.717) is 0 Å². The summed E-state index contributed by atoms with van der Waals surface area (Å²) in [6.45, 7) is 4.77. The molecular weight excluding hydrogens is 917 g/mol. The molecule has 0 saturated heterocycles. The zero-order valence-electron chi connectivity index (χ0n) is 42.4. The van der Waals surface area contributed by atoms with E-state index in [1.165, 1.54) is 99.3 Å². The largest absolute Gasteiger partial charge is 0.282 e. The second-order valence-electron chi connectivity index (χ2n) is 20.8. The van der Waals surface area contributed by atoms with Crippen LogP contribution in [0.3, 0.4) is 0 Å². The summed E-state index contributed by atoms with van der Waals surface area (Å²) < 4.78 is 0. The molecule has 2 aliphatic carbocycles. The summed E-state index contributed by atoms with van der Waals surface area (Å²) in [6, 6.07) is 94.5. The van der Waals surface area contributed by atoms with E-state index >= 15 is 0 Å². The second-order valence-corrected chi connectivity index (χ2v) is 20.8. The van der Waals surface area contributed by atoms with Crippen molar-refractivity contribution in [3.05, 3.63) is 317 Å². The van der Waals surface area contributed by atoms with Crippen LogP contribution in [0.15, 0.2) is 272 Å². The Morgan fingerprint density at radius 2 is 0.947 bits per heavy atom. The molecule has 2 aliphatic rings. The topological polar surface area (TPSA) is 36.2 Å². The fourth-order valence-electron chi connectivity index (χ4n) is 13.1. The molecule has 0 bridgehead atoms. The van der Waals surface area contributed by atoms with E-state index in [2.05, 4.69) is 257 Å². The number of benzene rings is 12. The number of hydrogen-bond donors (Lipinski definition) is 1. The maximum absolute atomic E-state index is 9.45. The van der Waals surface area contributed by atoms with Crippen molar-refractivity contribution in [3.8, 4) is 44.5 Å². The summed E-state index contributed by atoms with van der Waals surface area (Å²) in [4.78, 5) is 5.25. The van der Waals surface area contributed by atoms with E-state index in [9.17, 15) is 5.41 Å². The van der Waals surface area contributed by atoms with Crippen LogP contribution in [-0.2, 0) is 10.8 Å². The van der Waals surface area contributed by atoms with Gasteiger partial charge < -0.3 is 0 Å². The number of hydrogen-bond acceptors (Lipinski definition) is 1. The fraction of sp³-hybridized carbons (Fsp3) is 0.0541. The molecular formula is C74H52N2. The van der Waals surface area contributed by atoms with Crippen molar-refractivity contribution in [3.63, 3.8) is 0 Å². The molecule has 0 amide bonds. The Kier molecular flexibility index (Phi) is 10.6. The first-order chi connectivity index (χ1) is 37.4. The van der Waals surface area contributed by atoms with E-state index in [1.54, 1.807) is 0 Å². The lowest BCUT2D eigenvalue weighted by atomic mass is 9.67. The molecule has 14 rings (SSSR count). The molecule has 0 spiro atoms. The van der Waals surface area contributed by atoms with E-state index in [0.717, 1.165) is 33.4 Å². The van der Waals surface area contributed by atoms with Crippen LogP contribution in [0.1, 0.15) is 63.9 Å². The number of allylic oxidation sites excluding steroid dienone is 1. The lowest BCUT2D eigenvalue weighted by Gasteiger charge is -2.33. The summed E-state index contributed by atoms with van der Waals surface area (Å²) in [7, 11) is 0. The third-order valence-corrected chi connectivity index (χ3v) is 16.5. The second kappa shape index (κ2) is 17.9. The van der Waals surface area contributed by atoms with Crippen LogP contribution in [0, 0.1) is 5.41 Å². The molecule has 2 heteroatoms. The molecule has 0 saturated carbocycles. The molecule has 0 unspecified atom stereocenters. The minimum atomic E-state index is -0.568. The molecule has 0 radical (unpaired) electrons. The molecule has 12 aromatic carbocycles. The van der Waals surface area contributed by atoms with Gasteiger partial charge in [0.05, 0.1) is 11.1 Å². The van der Waals surface area contributed by atoms with Crippen LogP contribution in [0.5, 0.6) is 0 Å². The van der Waals surface area contributed by atoms with E-state index in [1.807, 2.05) is 30.3 Å². The van der Waals surface area contributed by atoms with Gasteiger partial charge in [0.25, 0.3) is 0 Å². The summed E-state index contributed by atoms with van der Waals surface area (Å²) in [5.74, 6) is 0.208. The number of nitrogens with zero attached hydrogens (tertiary/aromatic N) is 1. The van der Waals surface area contributed by atoms with Gasteiger partial charge in [-0.1, -0.05) is 275 Å². The zero-order valence-corrected chi connectivity index (χ0v) is 42.4. The van der Waals surface area contributed by atoms with Gasteiger partial charge in [-0.2, -0.15) is 0 Å². The number of rotatable bonds is 8. The highest BCUT2D eigenvalue weighted by atomic mass is 14.8. The van der Waals surface area contributed by atoms with Gasteiger partial charge in [-0.15, -0.1) is 0 Å². The minimum absolute atomic E-state index is 0.147. The van der Waals surface area contributed by atoms with Crippen LogP contribution in [0.2, 0.25) is 0 Å². The molecule has 0 atom stereocenters. The summed E-state index contributed by atoms with van der Waals surface area (Å²) in [5, 5.41) is 16.8. The molecule has 12 aromatic rings. The molecule has 0 heterocycles. The Labute approximate surface area is 444 Å². The molecule has 2 nitrogen and oxygen atoms in total. The molecule has 358 valence electrons. The first kappa shape index (κ1) is 45.1. The maximum Gasteiger partial charge on any atom is 0.152 e. The SMILES string of the molecule is CC1(C)c2cc(-c3ccc(-c4ccc(/C=C/C(=NC(=N)c5ccccc5)c5cccc6c5-c5ccccc5C6(c5ccccc5)c5ccccc5)c5ccccc45)c4ccccc34)ccc2-c2ccc3ccccc3c21. The quantitative estimate of drug-likeness (QED) is 0.116. The van der Waals surface area contributed by atoms with Crippen molar-refractivity contribution < 1.29 is 0 Å². The number of aliphatic imine (C=N–C) groups is 1. The van der Waals surface area contributed by atoms with Gasteiger partial charge in [-0.25, -0.2) is 4.99 Å². The van der Waals surface area contributed by atoms with E-state index in [4.69, 9.17) is 4.99 Å². The van der Waals surface area contributed by atoms with Crippen LogP contribution < -0.4 is 0 Å². The highest BCUT2D eigenvalue weighted by Gasteiger charge is 2.47. The van der Waals surface area contributed by atoms with Gasteiger partial charge in [-0.3, -0.25) is 5.41 Å². The highest BCUT2D eigenvalue weighted by molar-refractivity contribution is 6.21. The Morgan fingerprint density at radius 3 is 1.67 bits per heavy atom. The lowest BCUT2D eigenvalue weighted by molar-refractivity contribution is 0.666. The first-order valence-electron chi connectivity index (χ1n) is 26.4. The third-order valence-electron chi connectivity index (χ3n) is 16.5. The molecule has 0 aromatic heterocycles. The van der Waals surface area contributed by atoms with Crippen LogP contribution in [-0.4, -0.2) is 11.5 Å². The van der Waals surface area contributed by atoms with Crippen molar-refractivity contribution >= 4 is 49.9 Å². The summed E-state index contributed by atoms with van der Waals surface area (Å²) in [6.07, 6.45) is 4.33. The van der Waals surface area contributed by atoms with Gasteiger partial charge in [-0.05, 0) is 128 Å². The summed E-state index contributed by atoms with van der Waals surface area (Å²) in [5.41, 5.74) is 20.3. The average molecular weight is 969 g/mol. The Bertz CT molecular complexity index is 4330. The van der Waals surface area contributed by atoms with Crippen LogP contribution in [0.25, 0.3) is 82.9 Å². The predicted octanol–water partition coefficient (Wildman–Crippen LogP) is 18.7.